The summed E-state index contributed by atoms with van der Waals surface area (Å²) in [6, 6.07) is 8.88. The van der Waals surface area contributed by atoms with Crippen molar-refractivity contribution in [2.24, 2.45) is 0 Å². The van der Waals surface area contributed by atoms with Gasteiger partial charge in [-0.1, -0.05) is 29.8 Å². The molecule has 0 saturated carbocycles. The summed E-state index contributed by atoms with van der Waals surface area (Å²) in [4.78, 5) is 11.2. The van der Waals surface area contributed by atoms with E-state index in [2.05, 4.69) is 35.7 Å². The Morgan fingerprint density at radius 1 is 1.19 bits per heavy atom. The van der Waals surface area contributed by atoms with Crippen LogP contribution in [-0.2, 0) is 11.2 Å². The van der Waals surface area contributed by atoms with Crippen molar-refractivity contribution in [2.75, 3.05) is 5.32 Å². The second-order valence-electron chi connectivity index (χ2n) is 4.58. The minimum absolute atomic E-state index is 0.374. The number of anilines is 1. The van der Waals surface area contributed by atoms with Crippen LogP contribution in [0, 0.1) is 0 Å². The molecule has 0 bridgehead atoms. The average molecular weight is 213 g/mol. The van der Waals surface area contributed by atoms with Gasteiger partial charge in [0.05, 0.1) is 6.04 Å². The van der Waals surface area contributed by atoms with Crippen molar-refractivity contribution in [2.45, 2.75) is 31.7 Å². The number of Topliss-reactive ketones (excluding diaryl/α,β-unsaturated/α-hetero) is 1. The molecule has 0 amide bonds. The van der Waals surface area contributed by atoms with Crippen LogP contribution in [0.25, 0.3) is 0 Å². The zero-order valence-corrected chi connectivity index (χ0v) is 9.20. The molecule has 3 rings (SSSR count). The highest BCUT2D eigenvalue weighted by Gasteiger charge is 2.24. The fraction of sp³-hybridized carbons (Fsp3) is 0.357. The Hall–Kier alpha value is -1.57. The Morgan fingerprint density at radius 2 is 2.06 bits per heavy atom. The lowest BCUT2D eigenvalue weighted by atomic mass is 9.92. The zero-order chi connectivity index (χ0) is 11.0. The first kappa shape index (κ1) is 9.64. The molecule has 1 N–H and O–H groups in total. The van der Waals surface area contributed by atoms with E-state index < -0.39 is 0 Å². The zero-order valence-electron chi connectivity index (χ0n) is 9.20. The molecule has 1 atom stereocenters. The van der Waals surface area contributed by atoms with Gasteiger partial charge in [-0.2, -0.15) is 0 Å². The monoisotopic (exact) mass is 213 g/mol. The Balaban J connectivity index is 1.79. The molecule has 2 nitrogen and oxygen atoms in total. The first-order valence-corrected chi connectivity index (χ1v) is 5.88. The number of rotatable bonds is 1. The highest BCUT2D eigenvalue weighted by molar-refractivity contribution is 5.81. The molecule has 1 aromatic rings. The van der Waals surface area contributed by atoms with Gasteiger partial charge >= 0.3 is 0 Å². The number of ketones is 1. The number of benzene rings is 1. The molecule has 0 radical (unpaired) electrons. The van der Waals surface area contributed by atoms with Crippen LogP contribution in [0.1, 0.15) is 24.8 Å². The summed E-state index contributed by atoms with van der Waals surface area (Å²) in [5.41, 5.74) is 4.06. The molecule has 1 aliphatic heterocycles. The van der Waals surface area contributed by atoms with Crippen molar-refractivity contribution in [1.82, 2.24) is 0 Å². The van der Waals surface area contributed by atoms with Crippen molar-refractivity contribution < 1.29 is 4.79 Å². The summed E-state index contributed by atoms with van der Waals surface area (Å²) < 4.78 is 0. The van der Waals surface area contributed by atoms with E-state index in [0.29, 0.717) is 18.2 Å². The minimum atomic E-state index is 0.374. The van der Waals surface area contributed by atoms with Gasteiger partial charge in [-0.05, 0) is 24.5 Å². The molecule has 2 aliphatic rings. The van der Waals surface area contributed by atoms with Crippen molar-refractivity contribution in [3.63, 3.8) is 0 Å². The van der Waals surface area contributed by atoms with Gasteiger partial charge in [0.15, 0.2) is 0 Å². The van der Waals surface area contributed by atoms with Crippen molar-refractivity contribution >= 4 is 11.5 Å². The van der Waals surface area contributed by atoms with Crippen LogP contribution in [0.15, 0.2) is 35.9 Å². The van der Waals surface area contributed by atoms with E-state index in [9.17, 15) is 4.79 Å². The lowest BCUT2D eigenvalue weighted by molar-refractivity contribution is -0.118. The fourth-order valence-electron chi connectivity index (χ4n) is 2.57. The maximum atomic E-state index is 11.2. The first-order chi connectivity index (χ1) is 7.83. The molecule has 1 unspecified atom stereocenters. The highest BCUT2D eigenvalue weighted by atomic mass is 16.1. The Labute approximate surface area is 95.4 Å². The molecule has 2 heteroatoms. The number of fused-ring (bicyclic) bond motifs is 1. The van der Waals surface area contributed by atoms with Gasteiger partial charge in [0, 0.05) is 18.5 Å². The second-order valence-corrected chi connectivity index (χ2v) is 4.58. The van der Waals surface area contributed by atoms with E-state index in [0.717, 1.165) is 19.3 Å². The first-order valence-electron chi connectivity index (χ1n) is 5.88. The number of allylic oxidation sites excluding steroid dienone is 1. The van der Waals surface area contributed by atoms with Gasteiger partial charge in [-0.15, -0.1) is 0 Å². The lowest BCUT2D eigenvalue weighted by Crippen LogP contribution is -2.21. The van der Waals surface area contributed by atoms with Gasteiger partial charge in [0.2, 0.25) is 0 Å². The number of para-hydroxylation sites is 1. The largest absolute Gasteiger partial charge is 0.378 e. The van der Waals surface area contributed by atoms with Gasteiger partial charge in [-0.25, -0.2) is 0 Å². The summed E-state index contributed by atoms with van der Waals surface area (Å²) in [6.45, 7) is 0. The summed E-state index contributed by atoms with van der Waals surface area (Å²) >= 11 is 0. The van der Waals surface area contributed by atoms with Crippen LogP contribution in [0.5, 0.6) is 0 Å². The van der Waals surface area contributed by atoms with E-state index in [4.69, 9.17) is 0 Å². The van der Waals surface area contributed by atoms with E-state index in [1.165, 1.54) is 16.8 Å². The summed E-state index contributed by atoms with van der Waals surface area (Å²) in [6.07, 6.45) is 5.47. The van der Waals surface area contributed by atoms with Crippen molar-refractivity contribution in [3.05, 3.63) is 41.5 Å². The third-order valence-corrected chi connectivity index (χ3v) is 3.50. The molecule has 0 spiro atoms. The average Bonchev–Trinajstić information content (AvgIpc) is 2.73. The van der Waals surface area contributed by atoms with Crippen LogP contribution < -0.4 is 5.32 Å². The van der Waals surface area contributed by atoms with E-state index >= 15 is 0 Å². The number of carbonyl (C=O) groups excluding carboxylic acids is 1. The molecular weight excluding hydrogens is 198 g/mol. The third kappa shape index (κ3) is 1.64. The topological polar surface area (TPSA) is 29.1 Å². The Kier molecular flexibility index (Phi) is 2.28. The number of nitrogens with one attached hydrogen (secondary N) is 1. The summed E-state index contributed by atoms with van der Waals surface area (Å²) in [7, 11) is 0. The minimum Gasteiger partial charge on any atom is -0.378 e. The number of hydrogen-bond acceptors (Lipinski definition) is 2. The molecule has 0 saturated heterocycles. The van der Waals surface area contributed by atoms with Crippen LogP contribution in [0.3, 0.4) is 0 Å². The number of carbonyl (C=O) groups is 1. The molecule has 0 fully saturated rings. The predicted molar refractivity (Wildman–Crippen MR) is 64.5 cm³/mol. The molecule has 0 aromatic heterocycles. The molecule has 1 heterocycles. The fourth-order valence-corrected chi connectivity index (χ4v) is 2.57. The second kappa shape index (κ2) is 3.78. The molecule has 1 aliphatic carbocycles. The highest BCUT2D eigenvalue weighted by Crippen LogP contribution is 2.31. The van der Waals surface area contributed by atoms with Crippen molar-refractivity contribution in [3.8, 4) is 0 Å². The van der Waals surface area contributed by atoms with Gasteiger partial charge in [0.25, 0.3) is 0 Å². The smallest absolute Gasteiger partial charge is 0.136 e. The molecular formula is C14H15NO. The normalized spacial score (nSPS) is 23.6. The maximum Gasteiger partial charge on any atom is 0.136 e. The van der Waals surface area contributed by atoms with Crippen LogP contribution >= 0.6 is 0 Å². The van der Waals surface area contributed by atoms with Crippen LogP contribution in [-0.4, -0.2) is 11.8 Å². The SMILES string of the molecule is O=C1CC=C(C2Cc3ccccc3N2)CC1. The van der Waals surface area contributed by atoms with Crippen LogP contribution in [0.2, 0.25) is 0 Å². The van der Waals surface area contributed by atoms with E-state index in [1.807, 2.05) is 0 Å². The summed E-state index contributed by atoms with van der Waals surface area (Å²) in [5.74, 6) is 0.374. The van der Waals surface area contributed by atoms with Gasteiger partial charge in [0.1, 0.15) is 5.78 Å². The van der Waals surface area contributed by atoms with Gasteiger partial charge in [-0.3, -0.25) is 4.79 Å². The molecule has 16 heavy (non-hydrogen) atoms. The number of hydrogen-bond donors (Lipinski definition) is 1. The Bertz CT molecular complexity index is 437. The van der Waals surface area contributed by atoms with Gasteiger partial charge < -0.3 is 5.32 Å². The maximum absolute atomic E-state index is 11.2. The molecule has 1 aromatic carbocycles. The van der Waals surface area contributed by atoms with Crippen molar-refractivity contribution in [1.29, 1.82) is 0 Å². The standard InChI is InChI=1S/C14H15NO/c16-12-7-5-10(6-8-12)14-9-11-3-1-2-4-13(11)15-14/h1-5,14-15H,6-9H2. The third-order valence-electron chi connectivity index (χ3n) is 3.50. The van der Waals surface area contributed by atoms with E-state index in [-0.39, 0.29) is 0 Å². The van der Waals surface area contributed by atoms with E-state index in [1.54, 1.807) is 0 Å². The summed E-state index contributed by atoms with van der Waals surface area (Å²) in [5, 5.41) is 3.54. The van der Waals surface area contributed by atoms with Crippen LogP contribution in [0.4, 0.5) is 5.69 Å². The Morgan fingerprint density at radius 3 is 2.81 bits per heavy atom. The predicted octanol–water partition coefficient (Wildman–Crippen LogP) is 2.70. The lowest BCUT2D eigenvalue weighted by Gasteiger charge is -2.19. The quantitative estimate of drug-likeness (QED) is 0.727. The molecule has 82 valence electrons.